The summed E-state index contributed by atoms with van der Waals surface area (Å²) in [6, 6.07) is 8.31. The fourth-order valence-corrected chi connectivity index (χ4v) is 2.51. The predicted molar refractivity (Wildman–Crippen MR) is 85.1 cm³/mol. The number of amides is 1. The second-order valence-electron chi connectivity index (χ2n) is 5.83. The maximum absolute atomic E-state index is 12.0. The smallest absolute Gasteiger partial charge is 0.220 e. The predicted octanol–water partition coefficient (Wildman–Crippen LogP) is 2.62. The van der Waals surface area contributed by atoms with Gasteiger partial charge in [0.15, 0.2) is 0 Å². The summed E-state index contributed by atoms with van der Waals surface area (Å²) in [5, 5.41) is 13.2. The van der Waals surface area contributed by atoms with Crippen molar-refractivity contribution in [2.24, 2.45) is 5.92 Å². The highest BCUT2D eigenvalue weighted by Gasteiger charge is 2.15. The Morgan fingerprint density at radius 2 is 2.14 bits per heavy atom. The van der Waals surface area contributed by atoms with Crippen molar-refractivity contribution in [3.05, 3.63) is 36.0 Å². The molecule has 0 aliphatic carbocycles. The van der Waals surface area contributed by atoms with Gasteiger partial charge in [-0.15, -0.1) is 0 Å². The molecule has 0 saturated carbocycles. The van der Waals surface area contributed by atoms with Crippen LogP contribution >= 0.6 is 0 Å². The maximum Gasteiger partial charge on any atom is 0.220 e. The van der Waals surface area contributed by atoms with Crippen LogP contribution in [0.15, 0.2) is 30.5 Å². The number of aliphatic hydroxyl groups excluding tert-OH is 1. The van der Waals surface area contributed by atoms with Gasteiger partial charge in [0.05, 0.1) is 0 Å². The Morgan fingerprint density at radius 3 is 2.86 bits per heavy atom. The van der Waals surface area contributed by atoms with Crippen LogP contribution in [0.2, 0.25) is 0 Å². The third kappa shape index (κ3) is 4.33. The molecule has 0 radical (unpaired) electrons. The molecule has 21 heavy (non-hydrogen) atoms. The number of H-pyrrole nitrogens is 1. The highest BCUT2D eigenvalue weighted by atomic mass is 16.3. The molecule has 2 aromatic rings. The maximum atomic E-state index is 12.0. The first-order valence-corrected chi connectivity index (χ1v) is 7.56. The quantitative estimate of drug-likeness (QED) is 0.733. The van der Waals surface area contributed by atoms with Gasteiger partial charge in [0.25, 0.3) is 0 Å². The molecule has 1 aromatic heterocycles. The number of fused-ring (bicyclic) bond motifs is 1. The third-order valence-corrected chi connectivity index (χ3v) is 3.85. The van der Waals surface area contributed by atoms with Crippen molar-refractivity contribution in [1.29, 1.82) is 0 Å². The van der Waals surface area contributed by atoms with Gasteiger partial charge in [-0.2, -0.15) is 0 Å². The van der Waals surface area contributed by atoms with Crippen molar-refractivity contribution < 1.29 is 9.90 Å². The van der Waals surface area contributed by atoms with Crippen LogP contribution in [-0.4, -0.2) is 28.6 Å². The molecule has 1 heterocycles. The number of aliphatic hydroxyl groups is 1. The number of aryl methyl sites for hydroxylation is 1. The molecular formula is C17H24N2O2. The largest absolute Gasteiger partial charge is 0.396 e. The molecule has 4 heteroatoms. The molecule has 0 aliphatic rings. The molecule has 0 bridgehead atoms. The van der Waals surface area contributed by atoms with Gasteiger partial charge in [0, 0.05) is 30.8 Å². The van der Waals surface area contributed by atoms with Gasteiger partial charge in [0.1, 0.15) is 0 Å². The molecule has 0 saturated heterocycles. The van der Waals surface area contributed by atoms with Crippen LogP contribution < -0.4 is 5.32 Å². The molecule has 1 unspecified atom stereocenters. The first-order chi connectivity index (χ1) is 10.1. The standard InChI is InChI=1S/C17H24N2O2/c1-12(2)15(8-10-20)19-17(21)6-4-13-3-5-16-14(11-13)7-9-18-16/h3,5,7,9,11-12,15,18,20H,4,6,8,10H2,1-2H3,(H,19,21). The van der Waals surface area contributed by atoms with Gasteiger partial charge in [-0.1, -0.05) is 19.9 Å². The zero-order chi connectivity index (χ0) is 15.2. The number of aromatic amines is 1. The second kappa shape index (κ2) is 7.27. The Labute approximate surface area is 125 Å². The summed E-state index contributed by atoms with van der Waals surface area (Å²) >= 11 is 0. The fourth-order valence-electron chi connectivity index (χ4n) is 2.51. The van der Waals surface area contributed by atoms with E-state index < -0.39 is 0 Å². The van der Waals surface area contributed by atoms with Crippen LogP contribution in [0.1, 0.15) is 32.3 Å². The van der Waals surface area contributed by atoms with E-state index in [9.17, 15) is 4.79 Å². The van der Waals surface area contributed by atoms with Gasteiger partial charge in [-0.25, -0.2) is 0 Å². The summed E-state index contributed by atoms with van der Waals surface area (Å²) in [6.45, 7) is 4.22. The molecule has 0 fully saturated rings. The van der Waals surface area contributed by atoms with Gasteiger partial charge in [-0.3, -0.25) is 4.79 Å². The van der Waals surface area contributed by atoms with Crippen molar-refractivity contribution in [3.8, 4) is 0 Å². The van der Waals surface area contributed by atoms with Crippen molar-refractivity contribution in [1.82, 2.24) is 10.3 Å². The molecule has 0 spiro atoms. The van der Waals surface area contributed by atoms with Crippen LogP contribution in [0.25, 0.3) is 10.9 Å². The van der Waals surface area contributed by atoms with Gasteiger partial charge < -0.3 is 15.4 Å². The minimum absolute atomic E-state index is 0.0506. The summed E-state index contributed by atoms with van der Waals surface area (Å²) in [6.07, 6.45) is 3.74. The zero-order valence-corrected chi connectivity index (χ0v) is 12.7. The Balaban J connectivity index is 1.87. The van der Waals surface area contributed by atoms with Crippen molar-refractivity contribution >= 4 is 16.8 Å². The van der Waals surface area contributed by atoms with E-state index in [1.54, 1.807) is 0 Å². The van der Waals surface area contributed by atoms with Gasteiger partial charge in [0.2, 0.25) is 5.91 Å². The Hall–Kier alpha value is -1.81. The van der Waals surface area contributed by atoms with E-state index in [-0.39, 0.29) is 18.6 Å². The van der Waals surface area contributed by atoms with Crippen molar-refractivity contribution in [2.45, 2.75) is 39.2 Å². The highest BCUT2D eigenvalue weighted by Crippen LogP contribution is 2.15. The van der Waals surface area contributed by atoms with Crippen LogP contribution in [0, 0.1) is 5.92 Å². The Morgan fingerprint density at radius 1 is 1.33 bits per heavy atom. The first kappa shape index (κ1) is 15.6. The van der Waals surface area contributed by atoms with E-state index in [0.717, 1.165) is 11.9 Å². The van der Waals surface area contributed by atoms with E-state index in [2.05, 4.69) is 36.3 Å². The summed E-state index contributed by atoms with van der Waals surface area (Å²) in [7, 11) is 0. The van der Waals surface area contributed by atoms with E-state index in [1.165, 1.54) is 10.9 Å². The summed E-state index contributed by atoms with van der Waals surface area (Å²) in [5.41, 5.74) is 2.28. The van der Waals surface area contributed by atoms with Crippen molar-refractivity contribution in [2.75, 3.05) is 6.61 Å². The van der Waals surface area contributed by atoms with E-state index in [1.807, 2.05) is 18.3 Å². The number of hydrogen-bond donors (Lipinski definition) is 3. The van der Waals surface area contributed by atoms with Crippen LogP contribution in [-0.2, 0) is 11.2 Å². The van der Waals surface area contributed by atoms with E-state index in [4.69, 9.17) is 5.11 Å². The number of rotatable bonds is 7. The number of nitrogens with one attached hydrogen (secondary N) is 2. The summed E-state index contributed by atoms with van der Waals surface area (Å²) in [4.78, 5) is 15.2. The van der Waals surface area contributed by atoms with Crippen LogP contribution in [0.4, 0.5) is 0 Å². The molecule has 1 aromatic carbocycles. The second-order valence-corrected chi connectivity index (χ2v) is 5.83. The van der Waals surface area contributed by atoms with Gasteiger partial charge >= 0.3 is 0 Å². The SMILES string of the molecule is CC(C)C(CCO)NC(=O)CCc1ccc2[nH]ccc2c1. The fraction of sp³-hybridized carbons (Fsp3) is 0.471. The van der Waals surface area contributed by atoms with E-state index >= 15 is 0 Å². The number of benzene rings is 1. The number of aromatic nitrogens is 1. The topological polar surface area (TPSA) is 65.1 Å². The molecule has 2 rings (SSSR count). The Kier molecular flexibility index (Phi) is 5.39. The average molecular weight is 288 g/mol. The highest BCUT2D eigenvalue weighted by molar-refractivity contribution is 5.80. The minimum Gasteiger partial charge on any atom is -0.396 e. The van der Waals surface area contributed by atoms with Gasteiger partial charge in [-0.05, 0) is 47.9 Å². The molecular weight excluding hydrogens is 264 g/mol. The molecule has 114 valence electrons. The van der Waals surface area contributed by atoms with Crippen LogP contribution in [0.5, 0.6) is 0 Å². The monoisotopic (exact) mass is 288 g/mol. The molecule has 4 nitrogen and oxygen atoms in total. The molecule has 1 amide bonds. The van der Waals surface area contributed by atoms with Crippen molar-refractivity contribution in [3.63, 3.8) is 0 Å². The normalized spacial score (nSPS) is 12.8. The minimum atomic E-state index is 0.0506. The zero-order valence-electron chi connectivity index (χ0n) is 12.7. The summed E-state index contributed by atoms with van der Waals surface area (Å²) in [5.74, 6) is 0.383. The lowest BCUT2D eigenvalue weighted by Gasteiger charge is -2.21. The molecule has 1 atom stereocenters. The first-order valence-electron chi connectivity index (χ1n) is 7.56. The summed E-state index contributed by atoms with van der Waals surface area (Å²) < 4.78 is 0. The third-order valence-electron chi connectivity index (χ3n) is 3.85. The number of hydrogen-bond acceptors (Lipinski definition) is 2. The number of carbonyl (C=O) groups is 1. The lowest BCUT2D eigenvalue weighted by atomic mass is 10.0. The Bertz CT molecular complexity index is 589. The lowest BCUT2D eigenvalue weighted by Crippen LogP contribution is -2.39. The molecule has 0 aliphatic heterocycles. The molecule has 3 N–H and O–H groups in total. The van der Waals surface area contributed by atoms with Crippen LogP contribution in [0.3, 0.4) is 0 Å². The lowest BCUT2D eigenvalue weighted by molar-refractivity contribution is -0.122. The number of carbonyl (C=O) groups excluding carboxylic acids is 1. The van der Waals surface area contributed by atoms with E-state index in [0.29, 0.717) is 18.8 Å². The average Bonchev–Trinajstić information content (AvgIpc) is 2.92.